The van der Waals surface area contributed by atoms with Crippen molar-refractivity contribution < 1.29 is 13.2 Å². The predicted molar refractivity (Wildman–Crippen MR) is 131 cm³/mol. The lowest BCUT2D eigenvalue weighted by molar-refractivity contribution is -0.129. The maximum absolute atomic E-state index is 13.2. The van der Waals surface area contributed by atoms with Crippen molar-refractivity contribution in [3.63, 3.8) is 0 Å². The summed E-state index contributed by atoms with van der Waals surface area (Å²) in [6.07, 6.45) is 5.87. The zero-order valence-corrected chi connectivity index (χ0v) is 20.5. The smallest absolute Gasteiger partial charge is 0.243 e. The lowest BCUT2D eigenvalue weighted by Gasteiger charge is -2.34. The lowest BCUT2D eigenvalue weighted by atomic mass is 9.92. The van der Waals surface area contributed by atoms with E-state index in [4.69, 9.17) is 0 Å². The molecule has 2 heterocycles. The van der Waals surface area contributed by atoms with Crippen LogP contribution in [0.2, 0.25) is 0 Å². The Bertz CT molecular complexity index is 1270. The summed E-state index contributed by atoms with van der Waals surface area (Å²) in [6, 6.07) is 15.3. The Kier molecular flexibility index (Phi) is 6.71. The number of carbonyl (C=O) groups is 1. The molecule has 8 nitrogen and oxygen atoms in total. The van der Waals surface area contributed by atoms with Crippen LogP contribution in [0.25, 0.3) is 5.69 Å². The molecule has 1 aliphatic carbocycles. The number of sulfonamides is 1. The van der Waals surface area contributed by atoms with Crippen LogP contribution in [0.15, 0.2) is 64.9 Å². The van der Waals surface area contributed by atoms with Crippen LogP contribution >= 0.6 is 11.8 Å². The van der Waals surface area contributed by atoms with Gasteiger partial charge < -0.3 is 4.90 Å². The molecule has 3 aromatic rings. The molecule has 0 spiro atoms. The number of para-hydroxylation sites is 1. The van der Waals surface area contributed by atoms with Crippen LogP contribution in [0.4, 0.5) is 0 Å². The van der Waals surface area contributed by atoms with Gasteiger partial charge in [-0.3, -0.25) is 9.36 Å². The van der Waals surface area contributed by atoms with Gasteiger partial charge in [-0.05, 0) is 61.1 Å². The highest BCUT2D eigenvalue weighted by Crippen LogP contribution is 2.26. The average molecular weight is 498 g/mol. The van der Waals surface area contributed by atoms with Gasteiger partial charge in [0, 0.05) is 31.9 Å². The van der Waals surface area contributed by atoms with Crippen molar-refractivity contribution in [2.45, 2.75) is 35.7 Å². The van der Waals surface area contributed by atoms with E-state index in [0.29, 0.717) is 36.2 Å². The number of hydrogen-bond donors (Lipinski definition) is 0. The van der Waals surface area contributed by atoms with Gasteiger partial charge in [0.2, 0.25) is 15.9 Å². The van der Waals surface area contributed by atoms with E-state index in [9.17, 15) is 13.2 Å². The Morgan fingerprint density at radius 1 is 0.941 bits per heavy atom. The molecule has 1 aliphatic heterocycles. The predicted octanol–water partition coefficient (Wildman–Crippen LogP) is 2.77. The van der Waals surface area contributed by atoms with Gasteiger partial charge in [0.1, 0.15) is 6.33 Å². The van der Waals surface area contributed by atoms with Crippen LogP contribution in [0, 0.1) is 0 Å². The molecular formula is C24H27N5O3S2. The van der Waals surface area contributed by atoms with Crippen LogP contribution in [-0.4, -0.2) is 70.2 Å². The minimum atomic E-state index is -3.56. The zero-order chi connectivity index (χ0) is 23.5. The molecule has 1 fully saturated rings. The zero-order valence-electron chi connectivity index (χ0n) is 18.8. The Balaban J connectivity index is 1.18. The van der Waals surface area contributed by atoms with E-state index in [1.54, 1.807) is 17.3 Å². The van der Waals surface area contributed by atoms with Gasteiger partial charge in [-0.15, -0.1) is 10.2 Å². The van der Waals surface area contributed by atoms with E-state index in [1.807, 2.05) is 47.0 Å². The second kappa shape index (κ2) is 9.89. The monoisotopic (exact) mass is 497 g/mol. The van der Waals surface area contributed by atoms with Crippen molar-refractivity contribution in [3.8, 4) is 5.69 Å². The molecule has 2 aromatic carbocycles. The number of aryl methyl sites for hydroxylation is 2. The molecular weight excluding hydrogens is 470 g/mol. The fraction of sp³-hybridized carbons (Fsp3) is 0.375. The normalized spacial score (nSPS) is 16.9. The van der Waals surface area contributed by atoms with E-state index in [-0.39, 0.29) is 11.7 Å². The highest BCUT2D eigenvalue weighted by Gasteiger charge is 2.30. The molecule has 178 valence electrons. The molecule has 0 radical (unpaired) electrons. The quantitative estimate of drug-likeness (QED) is 0.487. The van der Waals surface area contributed by atoms with Crippen molar-refractivity contribution in [3.05, 3.63) is 66.0 Å². The summed E-state index contributed by atoms with van der Waals surface area (Å²) in [5.41, 5.74) is 3.35. The summed E-state index contributed by atoms with van der Waals surface area (Å²) < 4.78 is 29.8. The fourth-order valence-corrected chi connectivity index (χ4v) is 6.81. The molecule has 1 saturated heterocycles. The maximum atomic E-state index is 13.2. The highest BCUT2D eigenvalue weighted by atomic mass is 32.2. The first-order valence-electron chi connectivity index (χ1n) is 11.5. The molecule has 0 atom stereocenters. The summed E-state index contributed by atoms with van der Waals surface area (Å²) in [4.78, 5) is 14.9. The first-order valence-corrected chi connectivity index (χ1v) is 13.9. The molecule has 0 N–H and O–H groups in total. The topological polar surface area (TPSA) is 88.4 Å². The number of benzene rings is 2. The van der Waals surface area contributed by atoms with Gasteiger partial charge in [0.05, 0.1) is 10.6 Å². The molecule has 34 heavy (non-hydrogen) atoms. The van der Waals surface area contributed by atoms with E-state index in [2.05, 4.69) is 10.2 Å². The lowest BCUT2D eigenvalue weighted by Crippen LogP contribution is -2.51. The number of hydrogen-bond acceptors (Lipinski definition) is 6. The van der Waals surface area contributed by atoms with Crippen molar-refractivity contribution >= 4 is 27.7 Å². The van der Waals surface area contributed by atoms with Crippen LogP contribution < -0.4 is 0 Å². The third-order valence-electron chi connectivity index (χ3n) is 6.42. The standard InChI is InChI=1S/C24H27N5O3S2/c30-23(17-33-24-26-25-18-29(24)21-8-2-1-3-9-21)27-12-14-28(15-13-27)34(31,32)22-11-10-19-6-4-5-7-20(19)16-22/h1-3,8-11,16,18H,4-7,12-15,17H2. The van der Waals surface area contributed by atoms with Gasteiger partial charge in [0.15, 0.2) is 5.16 Å². The van der Waals surface area contributed by atoms with E-state index in [1.165, 1.54) is 21.6 Å². The second-order valence-corrected chi connectivity index (χ2v) is 11.4. The van der Waals surface area contributed by atoms with Crippen LogP contribution in [0.5, 0.6) is 0 Å². The molecule has 1 aromatic heterocycles. The minimum Gasteiger partial charge on any atom is -0.339 e. The van der Waals surface area contributed by atoms with Crippen molar-refractivity contribution in [2.75, 3.05) is 31.9 Å². The second-order valence-electron chi connectivity index (χ2n) is 8.53. The minimum absolute atomic E-state index is 0.0292. The molecule has 0 bridgehead atoms. The summed E-state index contributed by atoms with van der Waals surface area (Å²) >= 11 is 1.33. The van der Waals surface area contributed by atoms with E-state index in [0.717, 1.165) is 36.9 Å². The first-order chi connectivity index (χ1) is 16.5. The number of piperazine rings is 1. The third kappa shape index (κ3) is 4.75. The number of fused-ring (bicyclic) bond motifs is 1. The number of thioether (sulfide) groups is 1. The van der Waals surface area contributed by atoms with Gasteiger partial charge in [-0.1, -0.05) is 36.0 Å². The largest absolute Gasteiger partial charge is 0.339 e. The Labute approximate surface area is 204 Å². The third-order valence-corrected chi connectivity index (χ3v) is 9.25. The summed E-state index contributed by atoms with van der Waals surface area (Å²) in [6.45, 7) is 1.37. The number of aromatic nitrogens is 3. The molecule has 1 amide bonds. The molecule has 10 heteroatoms. The van der Waals surface area contributed by atoms with Crippen molar-refractivity contribution in [1.82, 2.24) is 24.0 Å². The Morgan fingerprint density at radius 2 is 1.68 bits per heavy atom. The van der Waals surface area contributed by atoms with Crippen LogP contribution in [0.3, 0.4) is 0 Å². The van der Waals surface area contributed by atoms with Gasteiger partial charge in [-0.25, -0.2) is 8.42 Å². The fourth-order valence-electron chi connectivity index (χ4n) is 4.50. The number of rotatable bonds is 6. The first kappa shape index (κ1) is 23.1. The van der Waals surface area contributed by atoms with Crippen LogP contribution in [0.1, 0.15) is 24.0 Å². The number of amides is 1. The highest BCUT2D eigenvalue weighted by molar-refractivity contribution is 7.99. The summed E-state index contributed by atoms with van der Waals surface area (Å²) in [7, 11) is -3.56. The average Bonchev–Trinajstić information content (AvgIpc) is 3.36. The molecule has 0 unspecified atom stereocenters. The van der Waals surface area contributed by atoms with E-state index < -0.39 is 10.0 Å². The van der Waals surface area contributed by atoms with Gasteiger partial charge in [-0.2, -0.15) is 4.31 Å². The summed E-state index contributed by atoms with van der Waals surface area (Å²) in [5, 5.41) is 8.76. The Morgan fingerprint density at radius 3 is 2.44 bits per heavy atom. The molecule has 5 rings (SSSR count). The number of carbonyl (C=O) groups excluding carboxylic acids is 1. The number of nitrogens with zero attached hydrogens (tertiary/aromatic N) is 5. The van der Waals surface area contributed by atoms with Gasteiger partial charge >= 0.3 is 0 Å². The Hall–Kier alpha value is -2.69. The van der Waals surface area contributed by atoms with Crippen molar-refractivity contribution in [2.24, 2.45) is 0 Å². The van der Waals surface area contributed by atoms with Crippen molar-refractivity contribution in [1.29, 1.82) is 0 Å². The molecule has 0 saturated carbocycles. The van der Waals surface area contributed by atoms with E-state index >= 15 is 0 Å². The van der Waals surface area contributed by atoms with Gasteiger partial charge in [0.25, 0.3) is 0 Å². The summed E-state index contributed by atoms with van der Waals surface area (Å²) in [5.74, 6) is 0.196. The SMILES string of the molecule is O=C(CSc1nncn1-c1ccccc1)N1CCN(S(=O)(=O)c2ccc3c(c2)CCCC3)CC1. The maximum Gasteiger partial charge on any atom is 0.243 e. The molecule has 2 aliphatic rings. The van der Waals surface area contributed by atoms with Crippen LogP contribution in [-0.2, 0) is 27.7 Å².